The lowest BCUT2D eigenvalue weighted by atomic mass is 9.59. The first-order chi connectivity index (χ1) is 14.1. The summed E-state index contributed by atoms with van der Waals surface area (Å²) in [6.45, 7) is 4.02. The van der Waals surface area contributed by atoms with E-state index in [1.54, 1.807) is 12.1 Å². The third kappa shape index (κ3) is 5.48. The number of rotatable bonds is 6. The molecule has 2 aliphatic carbocycles. The Morgan fingerprint density at radius 2 is 1.80 bits per heavy atom. The van der Waals surface area contributed by atoms with Crippen molar-refractivity contribution >= 4 is 11.9 Å². The summed E-state index contributed by atoms with van der Waals surface area (Å²) < 4.78 is 0. The van der Waals surface area contributed by atoms with E-state index in [4.69, 9.17) is 30.4 Å². The highest BCUT2D eigenvalue weighted by Crippen LogP contribution is 2.60. The van der Waals surface area contributed by atoms with E-state index in [0.29, 0.717) is 30.7 Å². The first-order valence-electron chi connectivity index (χ1n) is 10.1. The summed E-state index contributed by atoms with van der Waals surface area (Å²) >= 11 is 0. The molecule has 2 fully saturated rings. The minimum Gasteiger partial charge on any atom is -0.508 e. The summed E-state index contributed by atoms with van der Waals surface area (Å²) in [5.41, 5.74) is 9.00. The fourth-order valence-corrected chi connectivity index (χ4v) is 4.80. The van der Waals surface area contributed by atoms with Gasteiger partial charge in [-0.15, -0.1) is 0 Å². The van der Waals surface area contributed by atoms with Gasteiger partial charge in [0.15, 0.2) is 0 Å². The number of nitrogens with two attached hydrogens (primary N) is 1. The molecule has 0 saturated heterocycles. The van der Waals surface area contributed by atoms with Gasteiger partial charge in [-0.3, -0.25) is 0 Å². The van der Waals surface area contributed by atoms with Crippen molar-refractivity contribution in [3.63, 3.8) is 0 Å². The van der Waals surface area contributed by atoms with Gasteiger partial charge in [0.25, 0.3) is 0 Å². The second kappa shape index (κ2) is 10.2. The first kappa shape index (κ1) is 24.1. The van der Waals surface area contributed by atoms with Crippen LogP contribution in [0.4, 0.5) is 0 Å². The average molecular weight is 424 g/mol. The number of carboxylic acid groups (broad SMARTS) is 2. The molecule has 4 atom stereocenters. The molecule has 0 amide bonds. The first-order valence-corrected chi connectivity index (χ1v) is 10.1. The molecule has 0 heterocycles. The van der Waals surface area contributed by atoms with Crippen LogP contribution in [0.3, 0.4) is 0 Å². The number of carboxylic acids is 2. The van der Waals surface area contributed by atoms with Gasteiger partial charge in [0.1, 0.15) is 5.75 Å². The van der Waals surface area contributed by atoms with E-state index >= 15 is 0 Å². The zero-order chi connectivity index (χ0) is 22.4. The molecule has 0 unspecified atom stereocenters. The number of hydroxylamine groups is 1. The van der Waals surface area contributed by atoms with Crippen LogP contribution in [0.15, 0.2) is 24.3 Å². The molecule has 7 N–H and O–H groups in total. The van der Waals surface area contributed by atoms with Crippen LogP contribution in [0.1, 0.15) is 50.5 Å². The molecule has 30 heavy (non-hydrogen) atoms. The van der Waals surface area contributed by atoms with E-state index < -0.39 is 17.5 Å². The summed E-state index contributed by atoms with van der Waals surface area (Å²) in [7, 11) is 0. The fraction of sp³-hybridized carbons (Fsp3) is 0.619. The molecule has 2 aliphatic rings. The topological polar surface area (TPSA) is 162 Å². The van der Waals surface area contributed by atoms with Crippen LogP contribution in [0.25, 0.3) is 0 Å². The van der Waals surface area contributed by atoms with Gasteiger partial charge < -0.3 is 31.0 Å². The molecule has 1 aromatic rings. The normalized spacial score (nSPS) is 30.1. The maximum Gasteiger partial charge on any atom is 0.414 e. The van der Waals surface area contributed by atoms with Gasteiger partial charge in [0.2, 0.25) is 0 Å². The fourth-order valence-electron chi connectivity index (χ4n) is 4.80. The van der Waals surface area contributed by atoms with Crippen LogP contribution in [0, 0.1) is 11.3 Å². The Bertz CT molecular complexity index is 715. The summed E-state index contributed by atoms with van der Waals surface area (Å²) in [4.78, 5) is 23.5. The van der Waals surface area contributed by atoms with E-state index in [1.165, 1.54) is 5.56 Å². The third-order valence-corrected chi connectivity index (χ3v) is 6.67. The Balaban J connectivity index is 0.000000469. The SMILES string of the molecule is C[C@]12CC[C@H](c3ccc(O)cc3)C[C@@]1(O)CC[C@@H]2CNOCCN.O=C(O)C(=O)O. The van der Waals surface area contributed by atoms with Crippen LogP contribution in [0.2, 0.25) is 0 Å². The van der Waals surface area contributed by atoms with Gasteiger partial charge in [-0.25, -0.2) is 15.1 Å². The highest BCUT2D eigenvalue weighted by molar-refractivity contribution is 6.27. The number of aliphatic carboxylic acids is 2. The van der Waals surface area contributed by atoms with Crippen LogP contribution in [-0.2, 0) is 14.4 Å². The summed E-state index contributed by atoms with van der Waals surface area (Å²) in [5, 5.41) is 35.7. The molecular formula is C21H32N2O7. The minimum absolute atomic E-state index is 0.0699. The van der Waals surface area contributed by atoms with Crippen molar-refractivity contribution in [1.82, 2.24) is 5.48 Å². The van der Waals surface area contributed by atoms with Gasteiger partial charge in [0.05, 0.1) is 12.2 Å². The monoisotopic (exact) mass is 424 g/mol. The molecule has 9 nitrogen and oxygen atoms in total. The molecule has 2 saturated carbocycles. The second-order valence-corrected chi connectivity index (χ2v) is 8.31. The maximum absolute atomic E-state index is 11.4. The molecule has 3 rings (SSSR count). The Kier molecular flexibility index (Phi) is 8.19. The number of aromatic hydroxyl groups is 1. The van der Waals surface area contributed by atoms with E-state index in [-0.39, 0.29) is 5.41 Å². The molecule has 1 aromatic carbocycles. The van der Waals surface area contributed by atoms with Gasteiger partial charge in [-0.05, 0) is 61.6 Å². The van der Waals surface area contributed by atoms with E-state index in [2.05, 4.69) is 12.4 Å². The van der Waals surface area contributed by atoms with Crippen molar-refractivity contribution < 1.29 is 34.9 Å². The Morgan fingerprint density at radius 3 is 2.37 bits per heavy atom. The zero-order valence-electron chi connectivity index (χ0n) is 17.2. The lowest BCUT2D eigenvalue weighted by Gasteiger charge is -2.49. The molecule has 0 radical (unpaired) electrons. The van der Waals surface area contributed by atoms with Crippen LogP contribution in [0.5, 0.6) is 5.75 Å². The van der Waals surface area contributed by atoms with Gasteiger partial charge in [-0.1, -0.05) is 19.1 Å². The number of hydrogen-bond donors (Lipinski definition) is 6. The van der Waals surface area contributed by atoms with Gasteiger partial charge in [-0.2, -0.15) is 0 Å². The molecule has 9 heteroatoms. The molecule has 168 valence electrons. The Morgan fingerprint density at radius 1 is 1.17 bits per heavy atom. The standard InChI is InChI=1S/C19H30N2O3.C2H2O4/c1-18-8-6-15(14-2-4-17(22)5-3-14)12-19(18,23)9-7-16(18)13-21-24-11-10-20;3-1(4)2(5)6/h2-5,15-16,21-23H,6-13,20H2,1H3;(H,3,4)(H,5,6)/t15-,16+,18+,19-;/m0./s1. The van der Waals surface area contributed by atoms with E-state index in [0.717, 1.165) is 38.6 Å². The van der Waals surface area contributed by atoms with Crippen molar-refractivity contribution in [3.8, 4) is 5.75 Å². The minimum atomic E-state index is -1.82. The van der Waals surface area contributed by atoms with Crippen molar-refractivity contribution in [1.29, 1.82) is 0 Å². The highest BCUT2D eigenvalue weighted by Gasteiger charge is 2.58. The maximum atomic E-state index is 11.4. The molecule has 0 bridgehead atoms. The number of hydrogen-bond acceptors (Lipinski definition) is 7. The highest BCUT2D eigenvalue weighted by atomic mass is 16.6. The second-order valence-electron chi connectivity index (χ2n) is 8.31. The zero-order valence-corrected chi connectivity index (χ0v) is 17.2. The van der Waals surface area contributed by atoms with Crippen molar-refractivity contribution in [2.24, 2.45) is 17.1 Å². The van der Waals surface area contributed by atoms with E-state index in [9.17, 15) is 10.2 Å². The Hall–Kier alpha value is -2.20. The van der Waals surface area contributed by atoms with Gasteiger partial charge in [0, 0.05) is 18.5 Å². The molecular weight excluding hydrogens is 392 g/mol. The lowest BCUT2D eigenvalue weighted by Crippen LogP contribution is -2.50. The Labute approximate surface area is 175 Å². The lowest BCUT2D eigenvalue weighted by molar-refractivity contribution is -0.159. The van der Waals surface area contributed by atoms with Crippen molar-refractivity contribution in [3.05, 3.63) is 29.8 Å². The van der Waals surface area contributed by atoms with Crippen molar-refractivity contribution in [2.75, 3.05) is 19.7 Å². The quantitative estimate of drug-likeness (QED) is 0.225. The number of nitrogens with one attached hydrogen (secondary N) is 1. The van der Waals surface area contributed by atoms with Crippen LogP contribution in [-0.4, -0.2) is 57.7 Å². The third-order valence-electron chi connectivity index (χ3n) is 6.67. The number of carbonyl (C=O) groups is 2. The summed E-state index contributed by atoms with van der Waals surface area (Å²) in [6.07, 6.45) is 4.76. The summed E-state index contributed by atoms with van der Waals surface area (Å²) in [6, 6.07) is 7.45. The number of phenols is 1. The number of aliphatic hydroxyl groups is 1. The van der Waals surface area contributed by atoms with Crippen LogP contribution < -0.4 is 11.2 Å². The summed E-state index contributed by atoms with van der Waals surface area (Å²) in [5.74, 6) is -2.57. The number of benzene rings is 1. The number of phenolic OH excluding ortho intramolecular Hbond substituents is 1. The van der Waals surface area contributed by atoms with Gasteiger partial charge >= 0.3 is 11.9 Å². The largest absolute Gasteiger partial charge is 0.508 e. The van der Waals surface area contributed by atoms with E-state index in [1.807, 2.05) is 12.1 Å². The molecule has 0 spiro atoms. The predicted molar refractivity (Wildman–Crippen MR) is 109 cm³/mol. The average Bonchev–Trinajstić information content (AvgIpc) is 2.96. The number of fused-ring (bicyclic) bond motifs is 1. The predicted octanol–water partition coefficient (Wildman–Crippen LogP) is 1.44. The van der Waals surface area contributed by atoms with Crippen LogP contribution >= 0.6 is 0 Å². The molecule has 0 aromatic heterocycles. The van der Waals surface area contributed by atoms with Crippen molar-refractivity contribution in [2.45, 2.75) is 50.5 Å². The molecule has 0 aliphatic heterocycles. The smallest absolute Gasteiger partial charge is 0.414 e.